The molecule has 5 fully saturated rings. The lowest BCUT2D eigenvalue weighted by molar-refractivity contribution is -0.248. The fourth-order valence-electron chi connectivity index (χ4n) is 12.9. The van der Waals surface area contributed by atoms with Crippen LogP contribution in [0.4, 0.5) is 0 Å². The molecule has 0 saturated heterocycles. The van der Waals surface area contributed by atoms with E-state index in [1.165, 1.54) is 36.8 Å². The van der Waals surface area contributed by atoms with E-state index in [0.29, 0.717) is 42.0 Å². The molecule has 10 atom stereocenters. The number of nitrogens with one attached hydrogen (secondary N) is 1. The zero-order chi connectivity index (χ0) is 31.0. The monoisotopic (exact) mass is 587 g/mol. The second-order valence-electron chi connectivity index (χ2n) is 17.0. The van der Waals surface area contributed by atoms with Gasteiger partial charge in [0.15, 0.2) is 0 Å². The molecule has 5 aliphatic carbocycles. The summed E-state index contributed by atoms with van der Waals surface area (Å²) in [6.45, 7) is 21.6. The zero-order valence-electron chi connectivity index (χ0n) is 28.1. The summed E-state index contributed by atoms with van der Waals surface area (Å²) in [5.74, 6) is 2.70. The number of esters is 1. The first kappa shape index (κ1) is 30.9. The normalized spacial score (nSPS) is 44.6. The molecule has 5 aliphatic rings. The maximum atomic E-state index is 14.3. The molecule has 4 heteroatoms. The predicted molar refractivity (Wildman–Crippen MR) is 173 cm³/mol. The summed E-state index contributed by atoms with van der Waals surface area (Å²) in [7, 11) is 0. The van der Waals surface area contributed by atoms with E-state index >= 15 is 0 Å². The van der Waals surface area contributed by atoms with E-state index in [1.807, 2.05) is 6.07 Å². The number of amides is 1. The number of rotatable bonds is 5. The van der Waals surface area contributed by atoms with E-state index < -0.39 is 0 Å². The molecule has 1 aromatic rings. The molecular weight excluding hydrogens is 530 g/mol. The molecule has 1 amide bonds. The molecule has 0 heterocycles. The minimum absolute atomic E-state index is 0.0128. The standard InChI is InChI=1S/C39H57NO3/c1-25(2)28-16-21-39(34(42)40-24-27-12-10-9-11-13-27)23-22-37(7)29(33(28)39)14-15-31-36(6)19-18-32(43-26(3)41)35(4,5)30(36)17-20-38(31,37)8/h9-13,28-33H,1,14-24H2,2-8H3,(H,40,42)/t28?,29-,30?,31?,32?,33?,36+,37-,38?,39+/m1/s1. The van der Waals surface area contributed by atoms with E-state index in [-0.39, 0.29) is 39.1 Å². The molecular formula is C39H57NO3. The van der Waals surface area contributed by atoms with Crippen molar-refractivity contribution in [2.24, 2.45) is 56.7 Å². The second-order valence-corrected chi connectivity index (χ2v) is 17.0. The van der Waals surface area contributed by atoms with Crippen molar-refractivity contribution in [1.82, 2.24) is 5.32 Å². The fraction of sp³-hybridized carbons (Fsp3) is 0.744. The van der Waals surface area contributed by atoms with E-state index in [4.69, 9.17) is 4.74 Å². The molecule has 6 unspecified atom stereocenters. The Balaban J connectivity index is 1.31. The molecule has 1 aromatic carbocycles. The van der Waals surface area contributed by atoms with Gasteiger partial charge in [-0.1, -0.05) is 77.1 Å². The highest BCUT2D eigenvalue weighted by molar-refractivity contribution is 5.84. The Labute approximate surface area is 261 Å². The van der Waals surface area contributed by atoms with Crippen LogP contribution in [0, 0.1) is 56.7 Å². The first-order chi connectivity index (χ1) is 20.2. The van der Waals surface area contributed by atoms with Crippen molar-refractivity contribution in [3.63, 3.8) is 0 Å². The number of fused-ring (bicyclic) bond motifs is 7. The van der Waals surface area contributed by atoms with Crippen molar-refractivity contribution in [1.29, 1.82) is 0 Å². The summed E-state index contributed by atoms with van der Waals surface area (Å²) in [5, 5.41) is 3.43. The Hall–Kier alpha value is -2.10. The van der Waals surface area contributed by atoms with Gasteiger partial charge in [0.2, 0.25) is 5.91 Å². The van der Waals surface area contributed by atoms with Crippen LogP contribution in [0.3, 0.4) is 0 Å². The van der Waals surface area contributed by atoms with E-state index in [1.54, 1.807) is 6.92 Å². The number of hydrogen-bond acceptors (Lipinski definition) is 3. The lowest BCUT2D eigenvalue weighted by Crippen LogP contribution is -2.67. The van der Waals surface area contributed by atoms with Gasteiger partial charge in [-0.05, 0) is 123 Å². The Morgan fingerprint density at radius 2 is 1.56 bits per heavy atom. The minimum atomic E-state index is -0.281. The first-order valence-corrected chi connectivity index (χ1v) is 17.4. The molecule has 236 valence electrons. The Morgan fingerprint density at radius 1 is 0.837 bits per heavy atom. The highest BCUT2D eigenvalue weighted by Gasteiger charge is 2.72. The molecule has 1 N–H and O–H groups in total. The smallest absolute Gasteiger partial charge is 0.302 e. The molecule has 5 saturated carbocycles. The predicted octanol–water partition coefficient (Wildman–Crippen LogP) is 8.89. The largest absolute Gasteiger partial charge is 0.462 e. The lowest BCUT2D eigenvalue weighted by Gasteiger charge is -2.72. The Bertz CT molecular complexity index is 1270. The van der Waals surface area contributed by atoms with E-state index in [0.717, 1.165) is 38.5 Å². The van der Waals surface area contributed by atoms with Gasteiger partial charge in [-0.15, -0.1) is 0 Å². The SMILES string of the molecule is C=C(C)C1CC[C@]2(C(=O)NCc3ccccc3)CC[C@]3(C)[C@H](CCC4C3(C)CCC3C(C)(C)C(OC(C)=O)CC[C@@]34C)C12. The summed E-state index contributed by atoms with van der Waals surface area (Å²) in [6.07, 6.45) is 11.3. The molecule has 4 nitrogen and oxygen atoms in total. The zero-order valence-corrected chi connectivity index (χ0v) is 28.1. The van der Waals surface area contributed by atoms with Crippen molar-refractivity contribution < 1.29 is 14.3 Å². The van der Waals surface area contributed by atoms with Crippen LogP contribution in [0.15, 0.2) is 42.5 Å². The first-order valence-electron chi connectivity index (χ1n) is 17.4. The molecule has 0 aromatic heterocycles. The van der Waals surface area contributed by atoms with Crippen LogP contribution < -0.4 is 5.32 Å². The third kappa shape index (κ3) is 4.42. The third-order valence-electron chi connectivity index (χ3n) is 15.1. The van der Waals surface area contributed by atoms with Crippen molar-refractivity contribution >= 4 is 11.9 Å². The maximum absolute atomic E-state index is 14.3. The van der Waals surface area contributed by atoms with Crippen LogP contribution in [0.2, 0.25) is 0 Å². The van der Waals surface area contributed by atoms with Crippen LogP contribution in [0.1, 0.15) is 118 Å². The molecule has 0 aliphatic heterocycles. The van der Waals surface area contributed by atoms with Gasteiger partial charge in [0, 0.05) is 18.9 Å². The van der Waals surface area contributed by atoms with E-state index in [9.17, 15) is 9.59 Å². The van der Waals surface area contributed by atoms with Gasteiger partial charge >= 0.3 is 5.97 Å². The van der Waals surface area contributed by atoms with Gasteiger partial charge < -0.3 is 10.1 Å². The maximum Gasteiger partial charge on any atom is 0.302 e. The molecule has 0 radical (unpaired) electrons. The fourth-order valence-corrected chi connectivity index (χ4v) is 12.9. The summed E-state index contributed by atoms with van der Waals surface area (Å²) < 4.78 is 5.95. The summed E-state index contributed by atoms with van der Waals surface area (Å²) >= 11 is 0. The van der Waals surface area contributed by atoms with Crippen molar-refractivity contribution in [2.75, 3.05) is 0 Å². The van der Waals surface area contributed by atoms with E-state index in [2.05, 4.69) is 77.7 Å². The van der Waals surface area contributed by atoms with Crippen LogP contribution in [-0.2, 0) is 20.9 Å². The average molecular weight is 588 g/mol. The van der Waals surface area contributed by atoms with Gasteiger partial charge in [-0.2, -0.15) is 0 Å². The number of ether oxygens (including phenoxy) is 1. The van der Waals surface area contributed by atoms with Gasteiger partial charge in [0.05, 0.1) is 5.41 Å². The Morgan fingerprint density at radius 3 is 2.23 bits per heavy atom. The number of benzene rings is 1. The summed E-state index contributed by atoms with van der Waals surface area (Å²) in [6, 6.07) is 10.4. The van der Waals surface area contributed by atoms with Crippen LogP contribution in [0.25, 0.3) is 0 Å². The third-order valence-corrected chi connectivity index (χ3v) is 15.1. The summed E-state index contributed by atoms with van der Waals surface area (Å²) in [4.78, 5) is 26.3. The molecule has 6 rings (SSSR count). The Kier molecular flexibility index (Phi) is 7.53. The van der Waals surface area contributed by atoms with Gasteiger partial charge in [0.25, 0.3) is 0 Å². The number of carbonyl (C=O) groups is 2. The topological polar surface area (TPSA) is 55.4 Å². The second kappa shape index (κ2) is 10.5. The van der Waals surface area contributed by atoms with Crippen molar-refractivity contribution in [2.45, 2.75) is 125 Å². The quantitative estimate of drug-likeness (QED) is 0.276. The van der Waals surface area contributed by atoms with Gasteiger partial charge in [0.1, 0.15) is 6.10 Å². The number of hydrogen-bond donors (Lipinski definition) is 1. The molecule has 0 bridgehead atoms. The minimum Gasteiger partial charge on any atom is -0.462 e. The highest BCUT2D eigenvalue weighted by Crippen LogP contribution is 2.77. The van der Waals surface area contributed by atoms with Crippen molar-refractivity contribution in [3.8, 4) is 0 Å². The number of carbonyl (C=O) groups excluding carboxylic acids is 2. The molecule has 0 spiro atoms. The van der Waals surface area contributed by atoms with Gasteiger partial charge in [-0.3, -0.25) is 9.59 Å². The van der Waals surface area contributed by atoms with Crippen LogP contribution in [-0.4, -0.2) is 18.0 Å². The summed E-state index contributed by atoms with van der Waals surface area (Å²) in [5.41, 5.74) is 2.83. The average Bonchev–Trinajstić information content (AvgIpc) is 3.35. The number of allylic oxidation sites excluding steroid dienone is 1. The van der Waals surface area contributed by atoms with Crippen LogP contribution in [0.5, 0.6) is 0 Å². The van der Waals surface area contributed by atoms with Gasteiger partial charge in [-0.25, -0.2) is 0 Å². The lowest BCUT2D eigenvalue weighted by atomic mass is 9.32. The highest BCUT2D eigenvalue weighted by atomic mass is 16.5. The van der Waals surface area contributed by atoms with Crippen LogP contribution >= 0.6 is 0 Å². The molecule has 43 heavy (non-hydrogen) atoms. The van der Waals surface area contributed by atoms with Crippen molar-refractivity contribution in [3.05, 3.63) is 48.0 Å².